The zero-order valence-corrected chi connectivity index (χ0v) is 13.1. The van der Waals surface area contributed by atoms with Crippen molar-refractivity contribution >= 4 is 29.0 Å². The van der Waals surface area contributed by atoms with Gasteiger partial charge in [-0.05, 0) is 24.3 Å². The summed E-state index contributed by atoms with van der Waals surface area (Å²) < 4.78 is 13.6. The number of nitrogens with zero attached hydrogens (tertiary/aromatic N) is 2. The molecule has 8 heteroatoms. The van der Waals surface area contributed by atoms with Gasteiger partial charge in [0.1, 0.15) is 5.82 Å². The van der Waals surface area contributed by atoms with Crippen LogP contribution in [0.3, 0.4) is 0 Å². The molecule has 122 valence electrons. The molecule has 0 unspecified atom stereocenters. The van der Waals surface area contributed by atoms with Crippen molar-refractivity contribution in [2.75, 3.05) is 5.32 Å². The van der Waals surface area contributed by atoms with Crippen LogP contribution in [-0.2, 0) is 6.54 Å². The Morgan fingerprint density at radius 2 is 2.00 bits per heavy atom. The van der Waals surface area contributed by atoms with E-state index >= 15 is 0 Å². The maximum atomic E-state index is 13.6. The molecule has 0 saturated heterocycles. The summed E-state index contributed by atoms with van der Waals surface area (Å²) in [5, 5.41) is 16.3. The van der Waals surface area contributed by atoms with Gasteiger partial charge in [0.25, 0.3) is 5.91 Å². The molecule has 0 radical (unpaired) electrons. The minimum absolute atomic E-state index is 0.0506. The lowest BCUT2D eigenvalue weighted by atomic mass is 10.2. The summed E-state index contributed by atoms with van der Waals surface area (Å²) in [6.07, 6.45) is 0. The van der Waals surface area contributed by atoms with Gasteiger partial charge < -0.3 is 10.6 Å². The highest BCUT2D eigenvalue weighted by molar-refractivity contribution is 6.30. The fourth-order valence-electron chi connectivity index (χ4n) is 2.08. The number of H-pyrrole nitrogens is 1. The molecule has 0 saturated carbocycles. The summed E-state index contributed by atoms with van der Waals surface area (Å²) in [5.74, 6) is -0.602. The van der Waals surface area contributed by atoms with Gasteiger partial charge in [-0.3, -0.25) is 4.79 Å². The van der Waals surface area contributed by atoms with Crippen LogP contribution in [0.2, 0.25) is 5.02 Å². The molecule has 1 amide bonds. The average Bonchev–Trinajstić information content (AvgIpc) is 3.02. The molecule has 1 heterocycles. The smallest absolute Gasteiger partial charge is 0.275 e. The SMILES string of the molecule is O=C(NCc1ccccc1F)c1n[nH]nc1Nc1cccc(Cl)c1. The number of halogens is 2. The first-order chi connectivity index (χ1) is 11.6. The summed E-state index contributed by atoms with van der Waals surface area (Å²) in [7, 11) is 0. The zero-order valence-electron chi connectivity index (χ0n) is 12.4. The molecule has 0 bridgehead atoms. The third-order valence-electron chi connectivity index (χ3n) is 3.25. The first-order valence-corrected chi connectivity index (χ1v) is 7.46. The van der Waals surface area contributed by atoms with E-state index in [-0.39, 0.29) is 23.9 Å². The van der Waals surface area contributed by atoms with Crippen LogP contribution in [0.1, 0.15) is 16.1 Å². The summed E-state index contributed by atoms with van der Waals surface area (Å²) in [5.41, 5.74) is 1.13. The Hall–Kier alpha value is -2.93. The van der Waals surface area contributed by atoms with E-state index in [9.17, 15) is 9.18 Å². The second kappa shape index (κ2) is 7.10. The van der Waals surface area contributed by atoms with Crippen LogP contribution in [-0.4, -0.2) is 21.3 Å². The average molecular weight is 346 g/mol. The largest absolute Gasteiger partial charge is 0.346 e. The summed E-state index contributed by atoms with van der Waals surface area (Å²) in [6.45, 7) is 0.0506. The maximum Gasteiger partial charge on any atom is 0.275 e. The number of rotatable bonds is 5. The number of anilines is 2. The highest BCUT2D eigenvalue weighted by Gasteiger charge is 2.17. The van der Waals surface area contributed by atoms with E-state index in [2.05, 4.69) is 26.0 Å². The van der Waals surface area contributed by atoms with E-state index < -0.39 is 5.91 Å². The number of carbonyl (C=O) groups is 1. The van der Waals surface area contributed by atoms with Gasteiger partial charge in [-0.15, -0.1) is 10.2 Å². The number of nitrogens with one attached hydrogen (secondary N) is 3. The van der Waals surface area contributed by atoms with Crippen LogP contribution in [0.25, 0.3) is 0 Å². The third kappa shape index (κ3) is 3.69. The number of aromatic nitrogens is 3. The second-order valence-electron chi connectivity index (χ2n) is 4.93. The monoisotopic (exact) mass is 345 g/mol. The molecule has 0 spiro atoms. The summed E-state index contributed by atoms with van der Waals surface area (Å²) >= 11 is 5.92. The topological polar surface area (TPSA) is 82.7 Å². The quantitative estimate of drug-likeness (QED) is 0.662. The standard InChI is InChI=1S/C16H13ClFN5O/c17-11-5-3-6-12(8-11)20-15-14(21-23-22-15)16(24)19-9-10-4-1-2-7-13(10)18/h1-8H,9H2,(H,19,24)(H2,20,21,22,23). The van der Waals surface area contributed by atoms with Gasteiger partial charge in [-0.25, -0.2) is 4.39 Å². The van der Waals surface area contributed by atoms with Gasteiger partial charge in [-0.1, -0.05) is 35.9 Å². The lowest BCUT2D eigenvalue weighted by Gasteiger charge is -2.07. The van der Waals surface area contributed by atoms with Crippen molar-refractivity contribution in [3.8, 4) is 0 Å². The Balaban J connectivity index is 1.70. The van der Waals surface area contributed by atoms with Crippen molar-refractivity contribution < 1.29 is 9.18 Å². The number of hydrogen-bond donors (Lipinski definition) is 3. The molecule has 0 atom stereocenters. The molecule has 2 aromatic carbocycles. The molecular weight excluding hydrogens is 333 g/mol. The molecule has 0 aliphatic carbocycles. The lowest BCUT2D eigenvalue weighted by Crippen LogP contribution is -2.24. The maximum absolute atomic E-state index is 13.6. The van der Waals surface area contributed by atoms with Crippen molar-refractivity contribution in [1.82, 2.24) is 20.7 Å². The van der Waals surface area contributed by atoms with E-state index in [0.29, 0.717) is 16.3 Å². The fourth-order valence-corrected chi connectivity index (χ4v) is 2.27. The van der Waals surface area contributed by atoms with Crippen molar-refractivity contribution in [3.05, 3.63) is 70.6 Å². The molecule has 1 aromatic heterocycles. The van der Waals surface area contributed by atoms with Crippen LogP contribution in [0.4, 0.5) is 15.9 Å². The van der Waals surface area contributed by atoms with E-state index in [1.54, 1.807) is 42.5 Å². The number of amides is 1. The normalized spacial score (nSPS) is 10.4. The molecule has 0 fully saturated rings. The number of aromatic amines is 1. The van der Waals surface area contributed by atoms with Crippen molar-refractivity contribution in [3.63, 3.8) is 0 Å². The van der Waals surface area contributed by atoms with Crippen LogP contribution >= 0.6 is 11.6 Å². The Morgan fingerprint density at radius 1 is 1.17 bits per heavy atom. The van der Waals surface area contributed by atoms with Crippen molar-refractivity contribution in [2.24, 2.45) is 0 Å². The van der Waals surface area contributed by atoms with Gasteiger partial charge in [0.15, 0.2) is 11.5 Å². The third-order valence-corrected chi connectivity index (χ3v) is 3.48. The van der Waals surface area contributed by atoms with E-state index in [0.717, 1.165) is 0 Å². The highest BCUT2D eigenvalue weighted by atomic mass is 35.5. The minimum Gasteiger partial charge on any atom is -0.346 e. The van der Waals surface area contributed by atoms with Crippen LogP contribution in [0.5, 0.6) is 0 Å². The molecular formula is C16H13ClFN5O. The molecule has 3 rings (SSSR count). The van der Waals surface area contributed by atoms with Gasteiger partial charge in [0.05, 0.1) is 0 Å². The first kappa shape index (κ1) is 15.9. The fraction of sp³-hybridized carbons (Fsp3) is 0.0625. The Kier molecular flexibility index (Phi) is 4.72. The van der Waals surface area contributed by atoms with Crippen molar-refractivity contribution in [1.29, 1.82) is 0 Å². The van der Waals surface area contributed by atoms with Crippen molar-refractivity contribution in [2.45, 2.75) is 6.54 Å². The van der Waals surface area contributed by atoms with E-state index in [4.69, 9.17) is 11.6 Å². The Morgan fingerprint density at radius 3 is 2.79 bits per heavy atom. The Labute approximate surface area is 142 Å². The van der Waals surface area contributed by atoms with Gasteiger partial charge in [0, 0.05) is 22.8 Å². The number of carbonyl (C=O) groups excluding carboxylic acids is 1. The zero-order chi connectivity index (χ0) is 16.9. The van der Waals surface area contributed by atoms with Crippen LogP contribution < -0.4 is 10.6 Å². The van der Waals surface area contributed by atoms with Crippen LogP contribution in [0, 0.1) is 5.82 Å². The molecule has 6 nitrogen and oxygen atoms in total. The lowest BCUT2D eigenvalue weighted by molar-refractivity contribution is 0.0946. The second-order valence-corrected chi connectivity index (χ2v) is 5.37. The number of benzene rings is 2. The predicted octanol–water partition coefficient (Wildman–Crippen LogP) is 3.27. The predicted molar refractivity (Wildman–Crippen MR) is 88.7 cm³/mol. The molecule has 3 aromatic rings. The van der Waals surface area contributed by atoms with E-state index in [1.165, 1.54) is 6.07 Å². The van der Waals surface area contributed by atoms with Gasteiger partial charge in [0.2, 0.25) is 0 Å². The highest BCUT2D eigenvalue weighted by Crippen LogP contribution is 2.20. The first-order valence-electron chi connectivity index (χ1n) is 7.08. The molecule has 0 aliphatic rings. The molecule has 3 N–H and O–H groups in total. The van der Waals surface area contributed by atoms with Gasteiger partial charge >= 0.3 is 0 Å². The molecule has 0 aliphatic heterocycles. The van der Waals surface area contributed by atoms with Gasteiger partial charge in [-0.2, -0.15) is 5.21 Å². The molecule has 24 heavy (non-hydrogen) atoms. The van der Waals surface area contributed by atoms with E-state index in [1.807, 2.05) is 0 Å². The number of hydrogen-bond acceptors (Lipinski definition) is 4. The Bertz CT molecular complexity index is 867. The summed E-state index contributed by atoms with van der Waals surface area (Å²) in [6, 6.07) is 13.2. The minimum atomic E-state index is -0.475. The summed E-state index contributed by atoms with van der Waals surface area (Å²) in [4.78, 5) is 12.2. The van der Waals surface area contributed by atoms with Crippen LogP contribution in [0.15, 0.2) is 48.5 Å².